The maximum atomic E-state index is 10.6. The highest BCUT2D eigenvalue weighted by atomic mass is 35.5. The lowest BCUT2D eigenvalue weighted by atomic mass is 10.1. The Bertz CT molecular complexity index is 337. The summed E-state index contributed by atoms with van der Waals surface area (Å²) in [6.07, 6.45) is 0. The molecule has 4 heteroatoms. The van der Waals surface area contributed by atoms with Crippen molar-refractivity contribution in [1.82, 2.24) is 5.32 Å². The number of hydrogen-bond acceptors (Lipinski definition) is 2. The van der Waals surface area contributed by atoms with Gasteiger partial charge >= 0.3 is 5.97 Å². The van der Waals surface area contributed by atoms with Gasteiger partial charge in [-0.05, 0) is 31.5 Å². The molecule has 0 aliphatic heterocycles. The lowest BCUT2D eigenvalue weighted by Crippen LogP contribution is -2.35. The van der Waals surface area contributed by atoms with Crippen LogP contribution >= 0.6 is 11.6 Å². The van der Waals surface area contributed by atoms with Crippen molar-refractivity contribution in [2.75, 3.05) is 0 Å². The van der Waals surface area contributed by atoms with E-state index in [1.54, 1.807) is 19.1 Å². The Labute approximate surface area is 94.1 Å². The number of carbonyl (C=O) groups is 1. The number of hydrogen-bond donors (Lipinski definition) is 2. The summed E-state index contributed by atoms with van der Waals surface area (Å²) in [4.78, 5) is 10.6. The molecule has 0 heterocycles. The van der Waals surface area contributed by atoms with Crippen LogP contribution in [-0.4, -0.2) is 17.1 Å². The monoisotopic (exact) mass is 227 g/mol. The standard InChI is InChI=1S/C11H14ClNO2/c1-7(13-8(2)11(14)15)9-3-5-10(12)6-4-9/h3-8,13H,1-2H3,(H,14,15). The molecule has 0 radical (unpaired) electrons. The summed E-state index contributed by atoms with van der Waals surface area (Å²) < 4.78 is 0. The number of benzene rings is 1. The third-order valence-electron chi connectivity index (χ3n) is 2.24. The van der Waals surface area contributed by atoms with Crippen LogP contribution in [0.1, 0.15) is 25.5 Å². The first kappa shape index (κ1) is 12.0. The van der Waals surface area contributed by atoms with E-state index in [4.69, 9.17) is 16.7 Å². The summed E-state index contributed by atoms with van der Waals surface area (Å²) in [6.45, 7) is 3.54. The first-order valence-corrected chi connectivity index (χ1v) is 5.13. The Morgan fingerprint density at radius 2 is 1.87 bits per heavy atom. The molecule has 2 unspecified atom stereocenters. The molecule has 0 saturated carbocycles. The topological polar surface area (TPSA) is 49.3 Å². The lowest BCUT2D eigenvalue weighted by Gasteiger charge is -2.17. The highest BCUT2D eigenvalue weighted by Gasteiger charge is 2.14. The van der Waals surface area contributed by atoms with Crippen LogP contribution in [0.5, 0.6) is 0 Å². The minimum absolute atomic E-state index is 0.00614. The largest absolute Gasteiger partial charge is 0.480 e. The number of carboxylic acids is 1. The van der Waals surface area contributed by atoms with Crippen LogP contribution in [0.2, 0.25) is 5.02 Å². The van der Waals surface area contributed by atoms with E-state index in [-0.39, 0.29) is 6.04 Å². The average Bonchev–Trinajstić information content (AvgIpc) is 2.18. The zero-order chi connectivity index (χ0) is 11.4. The van der Waals surface area contributed by atoms with E-state index in [1.807, 2.05) is 19.1 Å². The van der Waals surface area contributed by atoms with E-state index in [2.05, 4.69) is 5.32 Å². The maximum absolute atomic E-state index is 10.6. The SMILES string of the molecule is CC(NC(C)c1ccc(Cl)cc1)C(=O)O. The third kappa shape index (κ3) is 3.53. The quantitative estimate of drug-likeness (QED) is 0.831. The maximum Gasteiger partial charge on any atom is 0.320 e. The first-order chi connectivity index (χ1) is 7.00. The minimum atomic E-state index is -0.851. The van der Waals surface area contributed by atoms with Crippen LogP contribution in [0.3, 0.4) is 0 Å². The number of carboxylic acid groups (broad SMARTS) is 1. The van der Waals surface area contributed by atoms with Crippen molar-refractivity contribution < 1.29 is 9.90 Å². The van der Waals surface area contributed by atoms with Gasteiger partial charge in [0.1, 0.15) is 6.04 Å². The smallest absolute Gasteiger partial charge is 0.320 e. The van der Waals surface area contributed by atoms with Gasteiger partial charge in [-0.15, -0.1) is 0 Å². The van der Waals surface area contributed by atoms with E-state index >= 15 is 0 Å². The highest BCUT2D eigenvalue weighted by Crippen LogP contribution is 2.16. The summed E-state index contributed by atoms with van der Waals surface area (Å²) in [5.41, 5.74) is 1.02. The molecule has 1 aromatic carbocycles. The van der Waals surface area contributed by atoms with E-state index in [9.17, 15) is 4.79 Å². The van der Waals surface area contributed by atoms with Crippen molar-refractivity contribution in [3.8, 4) is 0 Å². The number of halogens is 1. The zero-order valence-electron chi connectivity index (χ0n) is 8.70. The molecule has 0 aliphatic rings. The molecule has 1 aromatic rings. The number of aliphatic carboxylic acids is 1. The van der Waals surface area contributed by atoms with E-state index in [0.717, 1.165) is 5.56 Å². The fourth-order valence-electron chi connectivity index (χ4n) is 1.29. The molecular weight excluding hydrogens is 214 g/mol. The summed E-state index contributed by atoms with van der Waals surface area (Å²) in [7, 11) is 0. The Kier molecular flexibility index (Phi) is 4.12. The average molecular weight is 228 g/mol. The highest BCUT2D eigenvalue weighted by molar-refractivity contribution is 6.30. The summed E-state index contributed by atoms with van der Waals surface area (Å²) in [6, 6.07) is 6.79. The van der Waals surface area contributed by atoms with E-state index < -0.39 is 12.0 Å². The second-order valence-electron chi connectivity index (χ2n) is 3.50. The van der Waals surface area contributed by atoms with Gasteiger partial charge in [-0.25, -0.2) is 0 Å². The van der Waals surface area contributed by atoms with Gasteiger partial charge in [-0.1, -0.05) is 23.7 Å². The zero-order valence-corrected chi connectivity index (χ0v) is 9.45. The second-order valence-corrected chi connectivity index (χ2v) is 3.94. The van der Waals surface area contributed by atoms with Crippen molar-refractivity contribution >= 4 is 17.6 Å². The van der Waals surface area contributed by atoms with Crippen LogP contribution in [0.15, 0.2) is 24.3 Å². The molecule has 0 aliphatic carbocycles. The number of rotatable bonds is 4. The summed E-state index contributed by atoms with van der Waals surface area (Å²) in [5, 5.41) is 12.4. The van der Waals surface area contributed by atoms with Gasteiger partial charge in [0.05, 0.1) is 0 Å². The van der Waals surface area contributed by atoms with Gasteiger partial charge in [0.2, 0.25) is 0 Å². The van der Waals surface area contributed by atoms with Crippen molar-refractivity contribution in [3.63, 3.8) is 0 Å². The van der Waals surface area contributed by atoms with Gasteiger partial charge in [0.25, 0.3) is 0 Å². The molecule has 15 heavy (non-hydrogen) atoms. The van der Waals surface area contributed by atoms with Crippen LogP contribution in [0.4, 0.5) is 0 Å². The van der Waals surface area contributed by atoms with E-state index in [1.165, 1.54) is 0 Å². The van der Waals surface area contributed by atoms with Crippen LogP contribution < -0.4 is 5.32 Å². The Hall–Kier alpha value is -1.06. The lowest BCUT2D eigenvalue weighted by molar-refractivity contribution is -0.139. The molecule has 2 atom stereocenters. The molecule has 0 fully saturated rings. The second kappa shape index (κ2) is 5.14. The first-order valence-electron chi connectivity index (χ1n) is 4.75. The van der Waals surface area contributed by atoms with Gasteiger partial charge in [0.15, 0.2) is 0 Å². The molecule has 0 aromatic heterocycles. The van der Waals surface area contributed by atoms with Gasteiger partial charge < -0.3 is 5.11 Å². The molecule has 0 saturated heterocycles. The fourth-order valence-corrected chi connectivity index (χ4v) is 1.42. The summed E-state index contributed by atoms with van der Waals surface area (Å²) >= 11 is 5.76. The molecule has 0 bridgehead atoms. The van der Waals surface area contributed by atoms with Crippen molar-refractivity contribution in [2.45, 2.75) is 25.9 Å². The molecule has 3 nitrogen and oxygen atoms in total. The van der Waals surface area contributed by atoms with Crippen molar-refractivity contribution in [2.24, 2.45) is 0 Å². The molecule has 0 spiro atoms. The predicted octanol–water partition coefficient (Wildman–Crippen LogP) is 2.46. The Morgan fingerprint density at radius 1 is 1.33 bits per heavy atom. The van der Waals surface area contributed by atoms with Crippen molar-refractivity contribution in [3.05, 3.63) is 34.9 Å². The molecule has 82 valence electrons. The predicted molar refractivity (Wildman–Crippen MR) is 60.1 cm³/mol. The van der Waals surface area contributed by atoms with Gasteiger partial charge in [0, 0.05) is 11.1 Å². The van der Waals surface area contributed by atoms with E-state index in [0.29, 0.717) is 5.02 Å². The van der Waals surface area contributed by atoms with Crippen LogP contribution in [0, 0.1) is 0 Å². The Balaban J connectivity index is 2.64. The van der Waals surface area contributed by atoms with Gasteiger partial charge in [-0.2, -0.15) is 0 Å². The van der Waals surface area contributed by atoms with Crippen LogP contribution in [-0.2, 0) is 4.79 Å². The fraction of sp³-hybridized carbons (Fsp3) is 0.364. The molecular formula is C11H14ClNO2. The molecule has 1 rings (SSSR count). The van der Waals surface area contributed by atoms with Crippen molar-refractivity contribution in [1.29, 1.82) is 0 Å². The molecule has 2 N–H and O–H groups in total. The minimum Gasteiger partial charge on any atom is -0.480 e. The normalized spacial score (nSPS) is 14.6. The van der Waals surface area contributed by atoms with Gasteiger partial charge in [-0.3, -0.25) is 10.1 Å². The Morgan fingerprint density at radius 3 is 2.33 bits per heavy atom. The van der Waals surface area contributed by atoms with Crippen LogP contribution in [0.25, 0.3) is 0 Å². The number of nitrogens with one attached hydrogen (secondary N) is 1. The molecule has 0 amide bonds. The summed E-state index contributed by atoms with van der Waals surface area (Å²) in [5.74, 6) is -0.851. The third-order valence-corrected chi connectivity index (χ3v) is 2.49.